The lowest BCUT2D eigenvalue weighted by atomic mass is 10.1. The zero-order valence-electron chi connectivity index (χ0n) is 10.4. The summed E-state index contributed by atoms with van der Waals surface area (Å²) in [7, 11) is 0. The Balaban J connectivity index is 1.69. The standard InChI is InChI=1S/C11H16F3N5/c12-11(13,14)10-17-16-9-7-18(3-4-19(9)10)6-8-1-2-15-5-8/h8,15H,1-7H2. The van der Waals surface area contributed by atoms with E-state index in [9.17, 15) is 13.2 Å². The fraction of sp³-hybridized carbons (Fsp3) is 0.818. The summed E-state index contributed by atoms with van der Waals surface area (Å²) in [6, 6.07) is 0. The van der Waals surface area contributed by atoms with Gasteiger partial charge >= 0.3 is 6.18 Å². The summed E-state index contributed by atoms with van der Waals surface area (Å²) in [6.45, 7) is 4.35. The lowest BCUT2D eigenvalue weighted by molar-refractivity contribution is -0.148. The Morgan fingerprint density at radius 1 is 1.26 bits per heavy atom. The minimum Gasteiger partial charge on any atom is -0.316 e. The van der Waals surface area contributed by atoms with Crippen LogP contribution in [-0.4, -0.2) is 45.8 Å². The van der Waals surface area contributed by atoms with E-state index in [-0.39, 0.29) is 0 Å². The molecular weight excluding hydrogens is 259 g/mol. The molecule has 19 heavy (non-hydrogen) atoms. The van der Waals surface area contributed by atoms with Gasteiger partial charge in [0.25, 0.3) is 0 Å². The Morgan fingerprint density at radius 3 is 2.79 bits per heavy atom. The fourth-order valence-electron chi connectivity index (χ4n) is 2.81. The van der Waals surface area contributed by atoms with Gasteiger partial charge in [-0.05, 0) is 25.4 Å². The SMILES string of the molecule is FC(F)(F)c1nnc2n1CCN(CC1CCNC1)C2. The van der Waals surface area contributed by atoms with Gasteiger partial charge in [0.05, 0.1) is 6.54 Å². The van der Waals surface area contributed by atoms with Crippen molar-refractivity contribution in [1.29, 1.82) is 0 Å². The zero-order valence-corrected chi connectivity index (χ0v) is 10.4. The smallest absolute Gasteiger partial charge is 0.316 e. The maximum absolute atomic E-state index is 12.7. The summed E-state index contributed by atoms with van der Waals surface area (Å²) in [4.78, 5) is 2.17. The van der Waals surface area contributed by atoms with Crippen molar-refractivity contribution in [1.82, 2.24) is 25.0 Å². The first-order chi connectivity index (χ1) is 9.04. The Hall–Kier alpha value is -1.15. The van der Waals surface area contributed by atoms with E-state index in [4.69, 9.17) is 0 Å². The van der Waals surface area contributed by atoms with Gasteiger partial charge in [-0.1, -0.05) is 0 Å². The molecule has 0 spiro atoms. The molecule has 1 aromatic heterocycles. The Kier molecular flexibility index (Phi) is 3.22. The molecule has 0 amide bonds. The quantitative estimate of drug-likeness (QED) is 0.864. The van der Waals surface area contributed by atoms with E-state index in [1.54, 1.807) is 0 Å². The predicted molar refractivity (Wildman–Crippen MR) is 61.3 cm³/mol. The highest BCUT2D eigenvalue weighted by atomic mass is 19.4. The van der Waals surface area contributed by atoms with Gasteiger partial charge < -0.3 is 9.88 Å². The molecule has 0 aliphatic carbocycles. The Bertz CT molecular complexity index is 450. The van der Waals surface area contributed by atoms with E-state index in [1.807, 2.05) is 0 Å². The van der Waals surface area contributed by atoms with E-state index in [0.717, 1.165) is 26.1 Å². The van der Waals surface area contributed by atoms with Gasteiger partial charge in [0.15, 0.2) is 0 Å². The summed E-state index contributed by atoms with van der Waals surface area (Å²) >= 11 is 0. The maximum atomic E-state index is 12.7. The number of rotatable bonds is 2. The number of nitrogens with zero attached hydrogens (tertiary/aromatic N) is 4. The number of aromatic nitrogens is 3. The lowest BCUT2D eigenvalue weighted by Crippen LogP contribution is -2.38. The molecule has 3 heterocycles. The largest absolute Gasteiger partial charge is 0.451 e. The normalized spacial score (nSPS) is 24.7. The van der Waals surface area contributed by atoms with Gasteiger partial charge in [-0.2, -0.15) is 13.2 Å². The van der Waals surface area contributed by atoms with Crippen LogP contribution in [-0.2, 0) is 19.3 Å². The highest BCUT2D eigenvalue weighted by Gasteiger charge is 2.39. The van der Waals surface area contributed by atoms with E-state index in [1.165, 1.54) is 4.57 Å². The molecule has 0 bridgehead atoms. The van der Waals surface area contributed by atoms with Crippen LogP contribution in [0.15, 0.2) is 0 Å². The van der Waals surface area contributed by atoms with Gasteiger partial charge in [-0.15, -0.1) is 10.2 Å². The first-order valence-electron chi connectivity index (χ1n) is 6.46. The average molecular weight is 275 g/mol. The number of nitrogens with one attached hydrogen (secondary N) is 1. The van der Waals surface area contributed by atoms with E-state index in [0.29, 0.717) is 31.4 Å². The average Bonchev–Trinajstić information content (AvgIpc) is 2.95. The molecular formula is C11H16F3N5. The van der Waals surface area contributed by atoms with E-state index < -0.39 is 12.0 Å². The molecule has 2 aliphatic rings. The van der Waals surface area contributed by atoms with Crippen LogP contribution in [0.25, 0.3) is 0 Å². The third-order valence-electron chi connectivity index (χ3n) is 3.76. The number of alkyl halides is 3. The van der Waals surface area contributed by atoms with Crippen LogP contribution in [0, 0.1) is 5.92 Å². The topological polar surface area (TPSA) is 46.0 Å². The van der Waals surface area contributed by atoms with Gasteiger partial charge in [-0.3, -0.25) is 4.90 Å². The van der Waals surface area contributed by atoms with E-state index in [2.05, 4.69) is 20.4 Å². The first kappa shape index (κ1) is 12.9. The van der Waals surface area contributed by atoms with Crippen LogP contribution in [0.3, 0.4) is 0 Å². The Labute approximate surface area is 108 Å². The molecule has 1 fully saturated rings. The second kappa shape index (κ2) is 4.75. The van der Waals surface area contributed by atoms with Crippen LogP contribution in [0.4, 0.5) is 13.2 Å². The van der Waals surface area contributed by atoms with Crippen LogP contribution in [0.2, 0.25) is 0 Å². The molecule has 1 saturated heterocycles. The monoisotopic (exact) mass is 275 g/mol. The minimum atomic E-state index is -4.41. The van der Waals surface area contributed by atoms with Gasteiger partial charge in [-0.25, -0.2) is 0 Å². The maximum Gasteiger partial charge on any atom is 0.451 e. The molecule has 1 N–H and O–H groups in total. The van der Waals surface area contributed by atoms with Crippen molar-refractivity contribution in [3.05, 3.63) is 11.6 Å². The van der Waals surface area contributed by atoms with Crippen LogP contribution in [0.1, 0.15) is 18.1 Å². The molecule has 106 valence electrons. The molecule has 2 aliphatic heterocycles. The summed E-state index contributed by atoms with van der Waals surface area (Å²) in [5, 5.41) is 10.3. The lowest BCUT2D eigenvalue weighted by Gasteiger charge is -2.29. The van der Waals surface area contributed by atoms with Crippen molar-refractivity contribution in [3.63, 3.8) is 0 Å². The van der Waals surface area contributed by atoms with Crippen LogP contribution >= 0.6 is 0 Å². The third kappa shape index (κ3) is 2.59. The molecule has 1 unspecified atom stereocenters. The minimum absolute atomic E-state index is 0.317. The number of fused-ring (bicyclic) bond motifs is 1. The molecule has 1 aromatic rings. The number of halogens is 3. The second-order valence-electron chi connectivity index (χ2n) is 5.18. The number of hydrogen-bond donors (Lipinski definition) is 1. The van der Waals surface area contributed by atoms with E-state index >= 15 is 0 Å². The molecule has 8 heteroatoms. The molecule has 1 atom stereocenters. The van der Waals surface area contributed by atoms with Crippen molar-refractivity contribution in [3.8, 4) is 0 Å². The van der Waals surface area contributed by atoms with Crippen molar-refractivity contribution in [2.75, 3.05) is 26.2 Å². The third-order valence-corrected chi connectivity index (χ3v) is 3.76. The molecule has 0 radical (unpaired) electrons. The summed E-state index contributed by atoms with van der Waals surface area (Å²) in [6.07, 6.45) is -3.28. The second-order valence-corrected chi connectivity index (χ2v) is 5.18. The van der Waals surface area contributed by atoms with Gasteiger partial charge in [0.1, 0.15) is 5.82 Å². The predicted octanol–water partition coefficient (Wildman–Crippen LogP) is 0.722. The van der Waals surface area contributed by atoms with Gasteiger partial charge in [0, 0.05) is 19.6 Å². The highest BCUT2D eigenvalue weighted by Crippen LogP contribution is 2.29. The Morgan fingerprint density at radius 2 is 2.11 bits per heavy atom. The molecule has 3 rings (SSSR count). The van der Waals surface area contributed by atoms with Crippen molar-refractivity contribution in [2.45, 2.75) is 25.7 Å². The zero-order chi connectivity index (χ0) is 13.5. The highest BCUT2D eigenvalue weighted by molar-refractivity contribution is 5.02. The van der Waals surface area contributed by atoms with Crippen LogP contribution < -0.4 is 5.32 Å². The summed E-state index contributed by atoms with van der Waals surface area (Å²) < 4.78 is 39.3. The fourth-order valence-corrected chi connectivity index (χ4v) is 2.81. The molecule has 0 aromatic carbocycles. The number of hydrogen-bond acceptors (Lipinski definition) is 4. The summed E-state index contributed by atoms with van der Waals surface area (Å²) in [5.41, 5.74) is 0. The molecule has 0 saturated carbocycles. The first-order valence-corrected chi connectivity index (χ1v) is 6.46. The van der Waals surface area contributed by atoms with Crippen LogP contribution in [0.5, 0.6) is 0 Å². The van der Waals surface area contributed by atoms with Gasteiger partial charge in [0.2, 0.25) is 5.82 Å². The van der Waals surface area contributed by atoms with Crippen molar-refractivity contribution in [2.24, 2.45) is 5.92 Å². The molecule has 5 nitrogen and oxygen atoms in total. The van der Waals surface area contributed by atoms with Crippen molar-refractivity contribution >= 4 is 0 Å². The van der Waals surface area contributed by atoms with Crippen molar-refractivity contribution < 1.29 is 13.2 Å². The summed E-state index contributed by atoms with van der Waals surface area (Å²) in [5.74, 6) is 0.144.